The molecule has 0 aliphatic heterocycles. The quantitative estimate of drug-likeness (QED) is 0.519. The summed E-state index contributed by atoms with van der Waals surface area (Å²) in [5.74, 6) is 0.402. The van der Waals surface area contributed by atoms with Gasteiger partial charge in [-0.05, 0) is 12.3 Å². The zero-order valence-corrected chi connectivity index (χ0v) is 14.6. The summed E-state index contributed by atoms with van der Waals surface area (Å²) in [5.41, 5.74) is 0. The number of unbranched alkanes of at least 4 members (excludes halogenated alkanes) is 1. The number of hydrogen-bond acceptors (Lipinski definition) is 2. The molecule has 13 heavy (non-hydrogen) atoms. The van der Waals surface area contributed by atoms with Gasteiger partial charge in [0, 0.05) is 6.92 Å². The molecule has 0 saturated carbocycles. The van der Waals surface area contributed by atoms with Crippen molar-refractivity contribution in [2.75, 3.05) is 6.61 Å². The third-order valence-electron chi connectivity index (χ3n) is 2.07. The monoisotopic (exact) mass is 382 g/mol. The predicted octanol–water partition coefficient (Wildman–Crippen LogP) is 1.85. The van der Waals surface area contributed by atoms with Gasteiger partial charge in [-0.15, -0.1) is 0 Å². The number of carbonyl (C=O) groups excluding carboxylic acids is 1. The Bertz CT molecular complexity index is 126. The molecule has 0 bridgehead atoms. The van der Waals surface area contributed by atoms with E-state index in [1.54, 1.807) is 0 Å². The second-order valence-corrected chi connectivity index (χ2v) is 3.22. The Morgan fingerprint density at radius 3 is 2.38 bits per heavy atom. The van der Waals surface area contributed by atoms with E-state index in [-0.39, 0.29) is 33.3 Å². The molecule has 1 atom stereocenters. The fourth-order valence-corrected chi connectivity index (χ4v) is 1.13. The van der Waals surface area contributed by atoms with Crippen molar-refractivity contribution >= 4 is 33.3 Å². The summed E-state index contributed by atoms with van der Waals surface area (Å²) in [6, 6.07) is 0. The Hall–Kier alpha value is 0.392. The molecule has 1 unspecified atom stereocenters. The summed E-state index contributed by atoms with van der Waals surface area (Å²) in [7, 11) is 0. The summed E-state index contributed by atoms with van der Waals surface area (Å²) in [5, 5.41) is 0. The summed E-state index contributed by atoms with van der Waals surface area (Å²) < 4.78 is 4.95. The topological polar surface area (TPSA) is 26.3 Å². The molecule has 0 N–H and O–H groups in total. The van der Waals surface area contributed by atoms with E-state index < -0.39 is 0 Å². The third-order valence-corrected chi connectivity index (χ3v) is 2.07. The zero-order valence-electron chi connectivity index (χ0n) is 9.14. The van der Waals surface area contributed by atoms with Crippen molar-refractivity contribution in [3.8, 4) is 0 Å². The van der Waals surface area contributed by atoms with Gasteiger partial charge in [0.1, 0.15) is 0 Å². The van der Waals surface area contributed by atoms with E-state index in [1.165, 1.54) is 26.2 Å². The molecule has 78 valence electrons. The van der Waals surface area contributed by atoms with Crippen molar-refractivity contribution in [1.29, 1.82) is 0 Å². The molecule has 0 aromatic heterocycles. The number of carbonyl (C=O) groups is 1. The van der Waals surface area contributed by atoms with Gasteiger partial charge in [-0.2, -0.15) is 0 Å². The molecule has 3 heteroatoms. The maximum absolute atomic E-state index is 10.5. The van der Waals surface area contributed by atoms with Crippen LogP contribution in [0.2, 0.25) is 0 Å². The van der Waals surface area contributed by atoms with E-state index in [0.29, 0.717) is 12.5 Å². The van der Waals surface area contributed by atoms with Gasteiger partial charge in [-0.25, -0.2) is 0 Å². The van der Waals surface area contributed by atoms with Crippen molar-refractivity contribution in [3.63, 3.8) is 0 Å². The molecule has 0 aromatic carbocycles. The zero-order chi connectivity index (χ0) is 9.40. The van der Waals surface area contributed by atoms with E-state index in [4.69, 9.17) is 4.74 Å². The molecule has 0 aliphatic carbocycles. The number of esters is 1. The third kappa shape index (κ3) is 10.3. The summed E-state index contributed by atoms with van der Waals surface area (Å²) in [6.45, 7) is 6.39. The maximum atomic E-state index is 10.5. The van der Waals surface area contributed by atoms with Crippen molar-refractivity contribution in [2.24, 2.45) is 5.92 Å². The first-order chi connectivity index (χ1) is 5.70. The molecule has 0 saturated heterocycles. The standard InChI is InChI=1S/C10H20O2.Pb.2H/c1-4-6-7-10(5-2)8-12-9(3)11;;;/h10H,4-8H2,1-3H3;;;. The molecule has 0 heterocycles. The van der Waals surface area contributed by atoms with Gasteiger partial charge in [-0.1, -0.05) is 33.1 Å². The summed E-state index contributed by atoms with van der Waals surface area (Å²) >= 11 is 0. The first kappa shape index (κ1) is 15.8. The van der Waals surface area contributed by atoms with E-state index in [1.807, 2.05) is 0 Å². The second-order valence-electron chi connectivity index (χ2n) is 3.22. The molecule has 2 nitrogen and oxygen atoms in total. The van der Waals surface area contributed by atoms with Crippen LogP contribution in [0.4, 0.5) is 0 Å². The number of rotatable bonds is 6. The van der Waals surface area contributed by atoms with E-state index in [9.17, 15) is 4.79 Å². The van der Waals surface area contributed by atoms with Crippen LogP contribution in [0.1, 0.15) is 46.5 Å². The van der Waals surface area contributed by atoms with Gasteiger partial charge in [0.15, 0.2) is 0 Å². The molecule has 0 spiro atoms. The predicted molar refractivity (Wildman–Crippen MR) is 58.5 cm³/mol. The Morgan fingerprint density at radius 2 is 2.00 bits per heavy atom. The minimum absolute atomic E-state index is 0. The minimum atomic E-state index is -0.162. The van der Waals surface area contributed by atoms with Crippen LogP contribution in [0, 0.1) is 5.92 Å². The average molecular weight is 381 g/mol. The average Bonchev–Trinajstić information content (AvgIpc) is 2.05. The molecular weight excluding hydrogens is 359 g/mol. The fraction of sp³-hybridized carbons (Fsp3) is 0.900. The Labute approximate surface area is 102 Å². The number of ether oxygens (including phenoxy) is 1. The first-order valence-corrected chi connectivity index (χ1v) is 4.84. The molecule has 2 radical (unpaired) electrons. The van der Waals surface area contributed by atoms with Crippen LogP contribution in [0.3, 0.4) is 0 Å². The van der Waals surface area contributed by atoms with Crippen molar-refractivity contribution < 1.29 is 9.53 Å². The van der Waals surface area contributed by atoms with Crippen molar-refractivity contribution in [3.05, 3.63) is 0 Å². The Balaban J connectivity index is 0. The van der Waals surface area contributed by atoms with E-state index in [2.05, 4.69) is 13.8 Å². The van der Waals surface area contributed by atoms with Crippen molar-refractivity contribution in [1.82, 2.24) is 0 Å². The second kappa shape index (κ2) is 10.5. The van der Waals surface area contributed by atoms with Gasteiger partial charge in [0.05, 0.1) is 6.61 Å². The Kier molecular flexibility index (Phi) is 12.8. The van der Waals surface area contributed by atoms with Gasteiger partial charge in [0.25, 0.3) is 0 Å². The van der Waals surface area contributed by atoms with Gasteiger partial charge < -0.3 is 4.74 Å². The molecule has 0 rings (SSSR count). The fourth-order valence-electron chi connectivity index (χ4n) is 1.13. The summed E-state index contributed by atoms with van der Waals surface area (Å²) in [4.78, 5) is 10.5. The normalized spacial score (nSPS) is 11.6. The molecule has 0 amide bonds. The van der Waals surface area contributed by atoms with Gasteiger partial charge in [-0.3, -0.25) is 4.79 Å². The van der Waals surface area contributed by atoms with Crippen LogP contribution in [-0.4, -0.2) is 39.9 Å². The molecular formula is C10H22O2Pb. The van der Waals surface area contributed by atoms with Crippen LogP contribution < -0.4 is 0 Å². The molecule has 0 fully saturated rings. The molecule has 0 aliphatic rings. The van der Waals surface area contributed by atoms with Gasteiger partial charge in [0.2, 0.25) is 0 Å². The molecule has 0 aromatic rings. The Morgan fingerprint density at radius 1 is 1.38 bits per heavy atom. The van der Waals surface area contributed by atoms with E-state index >= 15 is 0 Å². The summed E-state index contributed by atoms with van der Waals surface area (Å²) in [6.07, 6.45) is 4.74. The van der Waals surface area contributed by atoms with Crippen LogP contribution in [0.5, 0.6) is 0 Å². The van der Waals surface area contributed by atoms with Crippen molar-refractivity contribution in [2.45, 2.75) is 46.5 Å². The van der Waals surface area contributed by atoms with Crippen LogP contribution in [-0.2, 0) is 9.53 Å². The SMILES string of the molecule is CCCCC(CC)COC(C)=O.[PbH2]. The first-order valence-electron chi connectivity index (χ1n) is 4.84. The van der Waals surface area contributed by atoms with Crippen LogP contribution in [0.25, 0.3) is 0 Å². The van der Waals surface area contributed by atoms with Gasteiger partial charge >= 0.3 is 33.3 Å². The van der Waals surface area contributed by atoms with E-state index in [0.717, 1.165) is 6.42 Å². The van der Waals surface area contributed by atoms with Crippen LogP contribution >= 0.6 is 0 Å². The van der Waals surface area contributed by atoms with Crippen LogP contribution in [0.15, 0.2) is 0 Å². The number of hydrogen-bond donors (Lipinski definition) is 0.